The molecule has 0 bridgehead atoms. The van der Waals surface area contributed by atoms with Gasteiger partial charge in [0.2, 0.25) is 0 Å². The molecule has 0 unspecified atom stereocenters. The van der Waals surface area contributed by atoms with Gasteiger partial charge in [0.05, 0.1) is 24.7 Å². The summed E-state index contributed by atoms with van der Waals surface area (Å²) in [6.45, 7) is 2.03. The first-order chi connectivity index (χ1) is 9.19. The van der Waals surface area contributed by atoms with Crippen LogP contribution in [-0.2, 0) is 9.47 Å². The second-order valence-electron chi connectivity index (χ2n) is 3.63. The number of ether oxygens (including phenoxy) is 2. The molecule has 0 aliphatic heterocycles. The maximum Gasteiger partial charge on any atom is 0.289 e. The summed E-state index contributed by atoms with van der Waals surface area (Å²) in [5.74, 6) is 0. The molecule has 0 fully saturated rings. The lowest BCUT2D eigenvalue weighted by Gasteiger charge is -2.07. The largest absolute Gasteiger partial charge is 0.383 e. The number of benzene rings is 1. The lowest BCUT2D eigenvalue weighted by molar-refractivity contribution is -0.385. The van der Waals surface area contributed by atoms with Crippen molar-refractivity contribution in [1.29, 1.82) is 5.26 Å². The molecule has 1 aromatic rings. The summed E-state index contributed by atoms with van der Waals surface area (Å²) >= 11 is 0. The van der Waals surface area contributed by atoms with Crippen LogP contribution in [0.15, 0.2) is 18.2 Å². The Balaban J connectivity index is 2.49. The number of nitro benzene ring substituents is 1. The molecule has 0 aromatic heterocycles. The van der Waals surface area contributed by atoms with E-state index in [0.29, 0.717) is 32.1 Å². The van der Waals surface area contributed by atoms with E-state index in [1.165, 1.54) is 12.1 Å². The predicted octanol–water partition coefficient (Wildman–Crippen LogP) is 1.54. The van der Waals surface area contributed by atoms with Crippen LogP contribution in [0.1, 0.15) is 5.56 Å². The van der Waals surface area contributed by atoms with Crippen molar-refractivity contribution in [2.24, 2.45) is 0 Å². The molecule has 7 nitrogen and oxygen atoms in total. The standard InChI is InChI=1S/C12H15N3O4/c1-18-6-7-19-5-4-14-11-3-2-10(9-13)12(8-11)15(16)17/h2-3,8,14H,4-7H2,1H3. The van der Waals surface area contributed by atoms with Crippen molar-refractivity contribution in [2.75, 3.05) is 38.8 Å². The van der Waals surface area contributed by atoms with E-state index in [1.807, 2.05) is 0 Å². The van der Waals surface area contributed by atoms with Crippen molar-refractivity contribution in [1.82, 2.24) is 0 Å². The van der Waals surface area contributed by atoms with Crippen molar-refractivity contribution < 1.29 is 14.4 Å². The summed E-state index contributed by atoms with van der Waals surface area (Å²) in [6.07, 6.45) is 0. The third-order valence-electron chi connectivity index (χ3n) is 2.32. The smallest absolute Gasteiger partial charge is 0.289 e. The molecule has 0 aliphatic rings. The van der Waals surface area contributed by atoms with Gasteiger partial charge in [-0.15, -0.1) is 0 Å². The molecule has 0 aliphatic carbocycles. The SMILES string of the molecule is COCCOCCNc1ccc(C#N)c([N+](=O)[O-])c1. The monoisotopic (exact) mass is 265 g/mol. The van der Waals surface area contributed by atoms with Gasteiger partial charge in [0.15, 0.2) is 0 Å². The third-order valence-corrected chi connectivity index (χ3v) is 2.32. The molecule has 102 valence electrons. The molecule has 0 heterocycles. The number of hydrogen-bond acceptors (Lipinski definition) is 6. The number of anilines is 1. The molecule has 0 saturated carbocycles. The van der Waals surface area contributed by atoms with Gasteiger partial charge < -0.3 is 14.8 Å². The number of nitriles is 1. The Bertz CT molecular complexity index is 471. The number of nitro groups is 1. The number of methoxy groups -OCH3 is 1. The van der Waals surface area contributed by atoms with Crippen molar-refractivity contribution in [3.8, 4) is 6.07 Å². The first kappa shape index (κ1) is 14.9. The van der Waals surface area contributed by atoms with E-state index in [1.54, 1.807) is 19.2 Å². The zero-order valence-corrected chi connectivity index (χ0v) is 10.6. The predicted molar refractivity (Wildman–Crippen MR) is 69.0 cm³/mol. The van der Waals surface area contributed by atoms with E-state index in [0.717, 1.165) is 0 Å². The molecule has 0 radical (unpaired) electrons. The Morgan fingerprint density at radius 2 is 2.21 bits per heavy atom. The fraction of sp³-hybridized carbons (Fsp3) is 0.417. The van der Waals surface area contributed by atoms with E-state index < -0.39 is 4.92 Å². The Morgan fingerprint density at radius 3 is 2.84 bits per heavy atom. The first-order valence-electron chi connectivity index (χ1n) is 5.68. The van der Waals surface area contributed by atoms with Crippen LogP contribution in [-0.4, -0.2) is 38.4 Å². The average molecular weight is 265 g/mol. The Hall–Kier alpha value is -2.17. The number of nitrogens with one attached hydrogen (secondary N) is 1. The highest BCUT2D eigenvalue weighted by Gasteiger charge is 2.13. The minimum atomic E-state index is -0.571. The maximum absolute atomic E-state index is 10.8. The fourth-order valence-electron chi connectivity index (χ4n) is 1.40. The van der Waals surface area contributed by atoms with Gasteiger partial charge in [-0.2, -0.15) is 5.26 Å². The Kier molecular flexibility index (Phi) is 6.29. The molecule has 0 spiro atoms. The fourth-order valence-corrected chi connectivity index (χ4v) is 1.40. The number of nitrogens with zero attached hydrogens (tertiary/aromatic N) is 2. The second-order valence-corrected chi connectivity index (χ2v) is 3.63. The number of hydrogen-bond donors (Lipinski definition) is 1. The normalized spacial score (nSPS) is 9.89. The van der Waals surface area contributed by atoms with Crippen LogP contribution >= 0.6 is 0 Å². The lowest BCUT2D eigenvalue weighted by Crippen LogP contribution is -2.12. The van der Waals surface area contributed by atoms with Gasteiger partial charge in [-0.3, -0.25) is 10.1 Å². The molecule has 1 rings (SSSR count). The Labute approximate surface area is 110 Å². The summed E-state index contributed by atoms with van der Waals surface area (Å²) in [4.78, 5) is 10.2. The summed E-state index contributed by atoms with van der Waals surface area (Å²) in [5.41, 5.74) is 0.431. The van der Waals surface area contributed by atoms with Gasteiger partial charge in [0.25, 0.3) is 5.69 Å². The highest BCUT2D eigenvalue weighted by molar-refractivity contribution is 5.59. The van der Waals surface area contributed by atoms with E-state index in [9.17, 15) is 10.1 Å². The van der Waals surface area contributed by atoms with Gasteiger partial charge in [-0.25, -0.2) is 0 Å². The lowest BCUT2D eigenvalue weighted by atomic mass is 10.2. The third kappa shape index (κ3) is 4.91. The first-order valence-corrected chi connectivity index (χ1v) is 5.68. The summed E-state index contributed by atoms with van der Waals surface area (Å²) < 4.78 is 10.1. The summed E-state index contributed by atoms with van der Waals surface area (Å²) in [6, 6.07) is 6.18. The molecule has 0 atom stereocenters. The van der Waals surface area contributed by atoms with Crippen LogP contribution in [0.3, 0.4) is 0 Å². The van der Waals surface area contributed by atoms with Gasteiger partial charge in [-0.1, -0.05) is 0 Å². The van der Waals surface area contributed by atoms with Crippen molar-refractivity contribution in [2.45, 2.75) is 0 Å². The second kappa shape index (κ2) is 8.02. The topological polar surface area (TPSA) is 97.4 Å². The molecule has 7 heteroatoms. The zero-order chi connectivity index (χ0) is 14.1. The van der Waals surface area contributed by atoms with Crippen molar-refractivity contribution in [3.05, 3.63) is 33.9 Å². The minimum Gasteiger partial charge on any atom is -0.383 e. The molecule has 1 N–H and O–H groups in total. The van der Waals surface area contributed by atoms with E-state index in [2.05, 4.69) is 5.32 Å². The highest BCUT2D eigenvalue weighted by Crippen LogP contribution is 2.22. The van der Waals surface area contributed by atoms with Crippen LogP contribution in [0.25, 0.3) is 0 Å². The molecule has 19 heavy (non-hydrogen) atoms. The van der Waals surface area contributed by atoms with Gasteiger partial charge >= 0.3 is 0 Å². The summed E-state index contributed by atoms with van der Waals surface area (Å²) in [5, 5.41) is 22.5. The van der Waals surface area contributed by atoms with Gasteiger partial charge in [0, 0.05) is 25.4 Å². The molecule has 0 saturated heterocycles. The highest BCUT2D eigenvalue weighted by atomic mass is 16.6. The summed E-state index contributed by atoms with van der Waals surface area (Å²) in [7, 11) is 1.59. The number of rotatable bonds is 8. The minimum absolute atomic E-state index is 0.0481. The van der Waals surface area contributed by atoms with Gasteiger partial charge in [-0.05, 0) is 12.1 Å². The molecule has 1 aromatic carbocycles. The van der Waals surface area contributed by atoms with Crippen LogP contribution in [0.5, 0.6) is 0 Å². The van der Waals surface area contributed by atoms with Crippen molar-refractivity contribution in [3.63, 3.8) is 0 Å². The van der Waals surface area contributed by atoms with E-state index >= 15 is 0 Å². The van der Waals surface area contributed by atoms with Crippen LogP contribution in [0.2, 0.25) is 0 Å². The average Bonchev–Trinajstić information content (AvgIpc) is 2.42. The Morgan fingerprint density at radius 1 is 1.42 bits per heavy atom. The van der Waals surface area contributed by atoms with Crippen LogP contribution in [0, 0.1) is 21.4 Å². The van der Waals surface area contributed by atoms with Gasteiger partial charge in [0.1, 0.15) is 11.6 Å². The van der Waals surface area contributed by atoms with E-state index in [-0.39, 0.29) is 11.3 Å². The van der Waals surface area contributed by atoms with Crippen LogP contribution < -0.4 is 5.32 Å². The quantitative estimate of drug-likeness (QED) is 0.435. The molecular formula is C12H15N3O4. The van der Waals surface area contributed by atoms with E-state index in [4.69, 9.17) is 14.7 Å². The molecule has 0 amide bonds. The van der Waals surface area contributed by atoms with Crippen molar-refractivity contribution >= 4 is 11.4 Å². The van der Waals surface area contributed by atoms with Crippen LogP contribution in [0.4, 0.5) is 11.4 Å². The maximum atomic E-state index is 10.8. The molecular weight excluding hydrogens is 250 g/mol. The zero-order valence-electron chi connectivity index (χ0n) is 10.6.